The van der Waals surface area contributed by atoms with Crippen LogP contribution in [0.5, 0.6) is 11.5 Å². The molecule has 0 fully saturated rings. The predicted octanol–water partition coefficient (Wildman–Crippen LogP) is 3.93. The summed E-state index contributed by atoms with van der Waals surface area (Å²) >= 11 is 0. The van der Waals surface area contributed by atoms with Gasteiger partial charge in [-0.05, 0) is 35.4 Å². The number of hydrogen-bond donors (Lipinski definition) is 1. The van der Waals surface area contributed by atoms with Crippen LogP contribution < -0.4 is 14.4 Å². The first-order valence-electron chi connectivity index (χ1n) is 9.47. The van der Waals surface area contributed by atoms with E-state index in [0.717, 1.165) is 11.1 Å². The van der Waals surface area contributed by atoms with Crippen LogP contribution in [0.4, 0.5) is 5.69 Å². The molecule has 3 aromatic carbocycles. The summed E-state index contributed by atoms with van der Waals surface area (Å²) in [4.78, 5) is 24.8. The summed E-state index contributed by atoms with van der Waals surface area (Å²) in [5, 5.41) is 9.73. The van der Waals surface area contributed by atoms with Crippen LogP contribution in [0.1, 0.15) is 11.1 Å². The highest BCUT2D eigenvalue weighted by atomic mass is 16.5. The van der Waals surface area contributed by atoms with E-state index in [-0.39, 0.29) is 6.42 Å². The third kappa shape index (κ3) is 5.38. The molecule has 6 nitrogen and oxygen atoms in total. The second-order valence-electron chi connectivity index (χ2n) is 6.69. The number of nitrogens with zero attached hydrogens (tertiary/aromatic N) is 1. The molecule has 0 saturated carbocycles. The summed E-state index contributed by atoms with van der Waals surface area (Å²) in [5.74, 6) is 0.146. The smallest absolute Gasteiger partial charge is 0.327 e. The van der Waals surface area contributed by atoms with Gasteiger partial charge in [0.25, 0.3) is 0 Å². The Balaban J connectivity index is 1.71. The highest BCUT2D eigenvalue weighted by molar-refractivity contribution is 5.88. The van der Waals surface area contributed by atoms with Gasteiger partial charge in [0, 0.05) is 18.2 Å². The van der Waals surface area contributed by atoms with Crippen molar-refractivity contribution < 1.29 is 24.2 Å². The molecule has 0 aromatic heterocycles. The normalized spacial score (nSPS) is 11.4. The van der Waals surface area contributed by atoms with Gasteiger partial charge < -0.3 is 19.5 Å². The second kappa shape index (κ2) is 10.1. The maximum atomic E-state index is 11.9. The molecule has 154 valence electrons. The Hall–Kier alpha value is -3.80. The molecule has 3 rings (SSSR count). The van der Waals surface area contributed by atoms with Crippen molar-refractivity contribution in [1.29, 1.82) is 0 Å². The summed E-state index contributed by atoms with van der Waals surface area (Å²) in [7, 11) is 1.51. The first-order valence-corrected chi connectivity index (χ1v) is 9.47. The highest BCUT2D eigenvalue weighted by Crippen LogP contribution is 2.24. The van der Waals surface area contributed by atoms with Crippen molar-refractivity contribution in [1.82, 2.24) is 0 Å². The van der Waals surface area contributed by atoms with Crippen LogP contribution >= 0.6 is 0 Å². The zero-order valence-corrected chi connectivity index (χ0v) is 16.6. The van der Waals surface area contributed by atoms with Crippen LogP contribution in [0.3, 0.4) is 0 Å². The molecular weight excluding hydrogens is 382 g/mol. The number of carbonyl (C=O) groups excluding carboxylic acids is 1. The lowest BCUT2D eigenvalue weighted by molar-refractivity contribution is -0.139. The quantitative estimate of drug-likeness (QED) is 0.517. The van der Waals surface area contributed by atoms with Crippen molar-refractivity contribution in [3.63, 3.8) is 0 Å². The van der Waals surface area contributed by atoms with Crippen LogP contribution in [-0.4, -0.2) is 30.6 Å². The van der Waals surface area contributed by atoms with Crippen LogP contribution in [0.2, 0.25) is 0 Å². The molecule has 0 heterocycles. The molecule has 0 unspecified atom stereocenters. The summed E-state index contributed by atoms with van der Waals surface area (Å²) in [6.07, 6.45) is 0.690. The van der Waals surface area contributed by atoms with Gasteiger partial charge in [-0.1, -0.05) is 48.5 Å². The number of carbonyl (C=O) groups is 2. The topological polar surface area (TPSA) is 76.1 Å². The molecule has 0 saturated heterocycles. The van der Waals surface area contributed by atoms with Gasteiger partial charge in [0.2, 0.25) is 6.41 Å². The van der Waals surface area contributed by atoms with Gasteiger partial charge in [-0.25, -0.2) is 4.79 Å². The van der Waals surface area contributed by atoms with Gasteiger partial charge in [0.05, 0.1) is 7.11 Å². The summed E-state index contributed by atoms with van der Waals surface area (Å²) in [6.45, 7) is 0.451. The minimum Gasteiger partial charge on any atom is -0.497 e. The molecular formula is C24H23NO5. The van der Waals surface area contributed by atoms with Gasteiger partial charge in [-0.15, -0.1) is 0 Å². The number of carboxylic acids is 1. The van der Waals surface area contributed by atoms with E-state index < -0.39 is 12.0 Å². The molecule has 0 aliphatic heterocycles. The van der Waals surface area contributed by atoms with E-state index >= 15 is 0 Å². The van der Waals surface area contributed by atoms with E-state index in [1.54, 1.807) is 36.4 Å². The lowest BCUT2D eigenvalue weighted by atomic mass is 10.0. The molecule has 1 atom stereocenters. The van der Waals surface area contributed by atoms with E-state index in [2.05, 4.69) is 0 Å². The van der Waals surface area contributed by atoms with Crippen molar-refractivity contribution in [2.24, 2.45) is 0 Å². The average molecular weight is 405 g/mol. The van der Waals surface area contributed by atoms with Crippen molar-refractivity contribution in [3.05, 3.63) is 90.0 Å². The lowest BCUT2D eigenvalue weighted by Gasteiger charge is -2.25. The zero-order valence-electron chi connectivity index (χ0n) is 16.6. The molecule has 1 amide bonds. The van der Waals surface area contributed by atoms with E-state index in [0.29, 0.717) is 30.2 Å². The zero-order chi connectivity index (χ0) is 21.3. The Bertz CT molecular complexity index is 972. The largest absolute Gasteiger partial charge is 0.497 e. The number of hydrogen-bond acceptors (Lipinski definition) is 4. The van der Waals surface area contributed by atoms with Crippen molar-refractivity contribution in [3.8, 4) is 11.5 Å². The molecule has 0 bridgehead atoms. The van der Waals surface area contributed by atoms with Gasteiger partial charge in [-0.3, -0.25) is 4.79 Å². The Labute approximate surface area is 175 Å². The molecule has 6 heteroatoms. The van der Waals surface area contributed by atoms with Crippen molar-refractivity contribution in [2.45, 2.75) is 19.1 Å². The average Bonchev–Trinajstić information content (AvgIpc) is 2.79. The Morgan fingerprint density at radius 1 is 0.967 bits per heavy atom. The predicted molar refractivity (Wildman–Crippen MR) is 114 cm³/mol. The summed E-state index contributed by atoms with van der Waals surface area (Å²) in [6, 6.07) is 22.7. The van der Waals surface area contributed by atoms with Gasteiger partial charge in [0.1, 0.15) is 24.1 Å². The minimum absolute atomic E-state index is 0.157. The van der Waals surface area contributed by atoms with Crippen LogP contribution in [0.25, 0.3) is 0 Å². The van der Waals surface area contributed by atoms with Crippen LogP contribution in [0, 0.1) is 0 Å². The van der Waals surface area contributed by atoms with Crippen molar-refractivity contribution in [2.75, 3.05) is 12.0 Å². The third-order valence-corrected chi connectivity index (χ3v) is 4.69. The third-order valence-electron chi connectivity index (χ3n) is 4.69. The number of rotatable bonds is 10. The number of ether oxygens (including phenoxy) is 2. The Morgan fingerprint density at radius 3 is 2.33 bits per heavy atom. The highest BCUT2D eigenvalue weighted by Gasteiger charge is 2.26. The number of amides is 1. The standard InChI is InChI=1S/C24H23NO5/c1-29-22-9-5-8-20(15-22)25(17-26)23(24(27)28)14-18-10-12-21(13-11-18)30-16-19-6-3-2-4-7-19/h2-13,15,17,23H,14,16H2,1H3,(H,27,28)/t23-/m0/s1. The molecule has 0 radical (unpaired) electrons. The fourth-order valence-corrected chi connectivity index (χ4v) is 3.08. The first kappa shape index (κ1) is 20.9. The van der Waals surface area contributed by atoms with Gasteiger partial charge in [0.15, 0.2) is 0 Å². The Morgan fingerprint density at radius 2 is 1.70 bits per heavy atom. The Kier molecular flexibility index (Phi) is 7.05. The van der Waals surface area contributed by atoms with Gasteiger partial charge >= 0.3 is 5.97 Å². The fourth-order valence-electron chi connectivity index (χ4n) is 3.08. The molecule has 3 aromatic rings. The monoisotopic (exact) mass is 405 g/mol. The maximum absolute atomic E-state index is 11.9. The molecule has 30 heavy (non-hydrogen) atoms. The maximum Gasteiger partial charge on any atom is 0.327 e. The number of methoxy groups -OCH3 is 1. The van der Waals surface area contributed by atoms with Crippen LogP contribution in [0.15, 0.2) is 78.9 Å². The molecule has 0 spiro atoms. The lowest BCUT2D eigenvalue weighted by Crippen LogP contribution is -2.42. The first-order chi connectivity index (χ1) is 14.6. The minimum atomic E-state index is -1.09. The second-order valence-corrected chi connectivity index (χ2v) is 6.69. The number of benzene rings is 3. The number of aliphatic carboxylic acids is 1. The van der Waals surface area contributed by atoms with E-state index in [9.17, 15) is 14.7 Å². The molecule has 0 aliphatic rings. The van der Waals surface area contributed by atoms with E-state index in [4.69, 9.17) is 9.47 Å². The van der Waals surface area contributed by atoms with Crippen molar-refractivity contribution >= 4 is 18.1 Å². The summed E-state index contributed by atoms with van der Waals surface area (Å²) < 4.78 is 10.9. The molecule has 0 aliphatic carbocycles. The SMILES string of the molecule is COc1cccc(N(C=O)[C@@H](Cc2ccc(OCc3ccccc3)cc2)C(=O)O)c1. The molecule has 1 N–H and O–H groups in total. The number of carboxylic acid groups (broad SMARTS) is 1. The van der Waals surface area contributed by atoms with Gasteiger partial charge in [-0.2, -0.15) is 0 Å². The fraction of sp³-hybridized carbons (Fsp3) is 0.167. The van der Waals surface area contributed by atoms with E-state index in [1.165, 1.54) is 12.0 Å². The number of anilines is 1. The van der Waals surface area contributed by atoms with Crippen LogP contribution in [-0.2, 0) is 22.6 Å². The summed E-state index contributed by atoms with van der Waals surface area (Å²) in [5.41, 5.74) is 2.30. The van der Waals surface area contributed by atoms with E-state index in [1.807, 2.05) is 42.5 Å².